The fraction of sp³-hybridized carbons (Fsp3) is 0.100. The van der Waals surface area contributed by atoms with Crippen molar-refractivity contribution in [2.75, 3.05) is 7.05 Å². The van der Waals surface area contributed by atoms with Gasteiger partial charge >= 0.3 is 0 Å². The van der Waals surface area contributed by atoms with Gasteiger partial charge in [0.25, 0.3) is 0 Å². The van der Waals surface area contributed by atoms with Gasteiger partial charge in [-0.2, -0.15) is 0 Å². The maximum absolute atomic E-state index is 12.9. The van der Waals surface area contributed by atoms with Gasteiger partial charge in [-0.25, -0.2) is 8.78 Å². The summed E-state index contributed by atoms with van der Waals surface area (Å²) in [6.45, 7) is 0. The standard InChI is InChI=1S/C10H9F2N/c1-13-7-3-4-8-9(11)5-2-6-10(8)12/h2-7H,1H3. The van der Waals surface area contributed by atoms with Gasteiger partial charge in [0.05, 0.1) is 0 Å². The molecule has 0 aliphatic rings. The zero-order valence-electron chi connectivity index (χ0n) is 7.17. The predicted octanol–water partition coefficient (Wildman–Crippen LogP) is 2.68. The Morgan fingerprint density at radius 2 is 1.85 bits per heavy atom. The van der Waals surface area contributed by atoms with E-state index in [0.717, 1.165) is 0 Å². The smallest absolute Gasteiger partial charge is 0.133 e. The molecule has 0 spiro atoms. The van der Waals surface area contributed by atoms with Crippen LogP contribution in [0.15, 0.2) is 29.3 Å². The molecule has 0 unspecified atom stereocenters. The number of halogens is 2. The van der Waals surface area contributed by atoms with Crippen molar-refractivity contribution in [2.45, 2.75) is 0 Å². The molecule has 1 aromatic rings. The molecule has 68 valence electrons. The summed E-state index contributed by atoms with van der Waals surface area (Å²) >= 11 is 0. The first-order chi connectivity index (χ1) is 6.25. The minimum atomic E-state index is -0.569. The summed E-state index contributed by atoms with van der Waals surface area (Å²) in [5.41, 5.74) is -0.0394. The molecule has 0 amide bonds. The first kappa shape index (κ1) is 9.58. The molecule has 0 radical (unpaired) electrons. The normalized spacial score (nSPS) is 11.6. The molecule has 1 aromatic carbocycles. The SMILES string of the molecule is CN=CC=Cc1c(F)cccc1F. The van der Waals surface area contributed by atoms with Crippen LogP contribution in [0.3, 0.4) is 0 Å². The van der Waals surface area contributed by atoms with Crippen LogP contribution in [0.4, 0.5) is 8.78 Å². The van der Waals surface area contributed by atoms with Crippen LogP contribution in [0.25, 0.3) is 6.08 Å². The molecule has 0 atom stereocenters. The molecule has 0 bridgehead atoms. The van der Waals surface area contributed by atoms with Crippen molar-refractivity contribution >= 4 is 12.3 Å². The van der Waals surface area contributed by atoms with E-state index in [4.69, 9.17) is 0 Å². The molecule has 0 N–H and O–H groups in total. The van der Waals surface area contributed by atoms with E-state index in [1.54, 1.807) is 7.05 Å². The molecular formula is C10H9F2N. The van der Waals surface area contributed by atoms with Crippen molar-refractivity contribution < 1.29 is 8.78 Å². The Morgan fingerprint density at radius 3 is 2.38 bits per heavy atom. The zero-order chi connectivity index (χ0) is 9.68. The third-order valence-corrected chi connectivity index (χ3v) is 1.50. The molecule has 0 aromatic heterocycles. The average molecular weight is 181 g/mol. The first-order valence-electron chi connectivity index (χ1n) is 3.78. The van der Waals surface area contributed by atoms with Gasteiger partial charge in [-0.3, -0.25) is 4.99 Å². The van der Waals surface area contributed by atoms with E-state index in [0.29, 0.717) is 0 Å². The van der Waals surface area contributed by atoms with E-state index in [9.17, 15) is 8.78 Å². The largest absolute Gasteiger partial charge is 0.297 e. The minimum Gasteiger partial charge on any atom is -0.297 e. The van der Waals surface area contributed by atoms with Gasteiger partial charge in [0, 0.05) is 18.8 Å². The summed E-state index contributed by atoms with van der Waals surface area (Å²) in [5.74, 6) is -1.14. The molecule has 3 heteroatoms. The summed E-state index contributed by atoms with van der Waals surface area (Å²) in [6.07, 6.45) is 4.30. The Kier molecular flexibility index (Phi) is 3.31. The number of nitrogens with zero attached hydrogens (tertiary/aromatic N) is 1. The molecule has 0 aliphatic carbocycles. The fourth-order valence-electron chi connectivity index (χ4n) is 0.895. The number of allylic oxidation sites excluding steroid dienone is 1. The lowest BCUT2D eigenvalue weighted by molar-refractivity contribution is 0.579. The molecule has 0 heterocycles. The Balaban J connectivity index is 2.99. The van der Waals surface area contributed by atoms with E-state index in [2.05, 4.69) is 4.99 Å². The van der Waals surface area contributed by atoms with Crippen molar-refractivity contribution in [1.82, 2.24) is 0 Å². The van der Waals surface area contributed by atoms with Gasteiger partial charge in [-0.15, -0.1) is 0 Å². The number of benzene rings is 1. The van der Waals surface area contributed by atoms with Gasteiger partial charge in [-0.05, 0) is 24.3 Å². The van der Waals surface area contributed by atoms with E-state index < -0.39 is 11.6 Å². The Labute approximate surface area is 75.4 Å². The molecular weight excluding hydrogens is 172 g/mol. The van der Waals surface area contributed by atoms with Gasteiger partial charge in [0.2, 0.25) is 0 Å². The average Bonchev–Trinajstić information content (AvgIpc) is 2.10. The topological polar surface area (TPSA) is 12.4 Å². The van der Waals surface area contributed by atoms with Crippen molar-refractivity contribution in [2.24, 2.45) is 4.99 Å². The van der Waals surface area contributed by atoms with E-state index in [1.807, 2.05) is 0 Å². The second-order valence-electron chi connectivity index (χ2n) is 2.40. The van der Waals surface area contributed by atoms with Crippen LogP contribution < -0.4 is 0 Å². The summed E-state index contributed by atoms with van der Waals surface area (Å²) in [7, 11) is 1.59. The molecule has 1 nitrogen and oxygen atoms in total. The van der Waals surface area contributed by atoms with Crippen LogP contribution in [0.2, 0.25) is 0 Å². The monoisotopic (exact) mass is 181 g/mol. The van der Waals surface area contributed by atoms with Crippen LogP contribution in [0.5, 0.6) is 0 Å². The van der Waals surface area contributed by atoms with Gasteiger partial charge in [0.15, 0.2) is 0 Å². The van der Waals surface area contributed by atoms with Crippen LogP contribution in [-0.2, 0) is 0 Å². The van der Waals surface area contributed by atoms with Gasteiger partial charge in [-0.1, -0.05) is 6.07 Å². The summed E-state index contributed by atoms with van der Waals surface area (Å²) in [4.78, 5) is 3.65. The molecule has 1 rings (SSSR count). The third kappa shape index (κ3) is 2.47. The number of hydrogen-bond acceptors (Lipinski definition) is 1. The van der Waals surface area contributed by atoms with E-state index >= 15 is 0 Å². The third-order valence-electron chi connectivity index (χ3n) is 1.50. The summed E-state index contributed by atoms with van der Waals surface area (Å²) < 4.78 is 25.9. The minimum absolute atomic E-state index is 0.0394. The lowest BCUT2D eigenvalue weighted by Gasteiger charge is -1.96. The Bertz CT molecular complexity index is 323. The second-order valence-corrected chi connectivity index (χ2v) is 2.40. The predicted molar refractivity (Wildman–Crippen MR) is 49.8 cm³/mol. The van der Waals surface area contributed by atoms with Crippen molar-refractivity contribution in [3.63, 3.8) is 0 Å². The van der Waals surface area contributed by atoms with E-state index in [1.165, 1.54) is 36.6 Å². The van der Waals surface area contributed by atoms with Crippen LogP contribution in [0.1, 0.15) is 5.56 Å². The Morgan fingerprint density at radius 1 is 1.23 bits per heavy atom. The quantitative estimate of drug-likeness (QED) is 0.622. The lowest BCUT2D eigenvalue weighted by atomic mass is 10.2. The van der Waals surface area contributed by atoms with Crippen LogP contribution in [-0.4, -0.2) is 13.3 Å². The maximum atomic E-state index is 12.9. The van der Waals surface area contributed by atoms with Crippen molar-refractivity contribution in [3.8, 4) is 0 Å². The summed E-state index contributed by atoms with van der Waals surface area (Å²) in [5, 5.41) is 0. The number of rotatable bonds is 2. The lowest BCUT2D eigenvalue weighted by Crippen LogP contribution is -1.86. The van der Waals surface area contributed by atoms with Crippen LogP contribution >= 0.6 is 0 Å². The van der Waals surface area contributed by atoms with Gasteiger partial charge in [0.1, 0.15) is 11.6 Å². The number of hydrogen-bond donors (Lipinski definition) is 0. The molecule has 0 fully saturated rings. The zero-order valence-corrected chi connectivity index (χ0v) is 7.17. The molecule has 0 saturated heterocycles. The van der Waals surface area contributed by atoms with Crippen molar-refractivity contribution in [3.05, 3.63) is 41.5 Å². The molecule has 0 saturated carbocycles. The van der Waals surface area contributed by atoms with Crippen LogP contribution in [0, 0.1) is 11.6 Å². The highest BCUT2D eigenvalue weighted by Crippen LogP contribution is 2.12. The maximum Gasteiger partial charge on any atom is 0.133 e. The van der Waals surface area contributed by atoms with E-state index in [-0.39, 0.29) is 5.56 Å². The van der Waals surface area contributed by atoms with Crippen molar-refractivity contribution in [1.29, 1.82) is 0 Å². The Hall–Kier alpha value is -1.51. The fourth-order valence-corrected chi connectivity index (χ4v) is 0.895. The highest BCUT2D eigenvalue weighted by atomic mass is 19.1. The molecule has 0 aliphatic heterocycles. The first-order valence-corrected chi connectivity index (χ1v) is 3.78. The van der Waals surface area contributed by atoms with Gasteiger partial charge < -0.3 is 0 Å². The number of aliphatic imine (C=N–C) groups is 1. The summed E-state index contributed by atoms with van der Waals surface area (Å²) in [6, 6.07) is 3.76. The second kappa shape index (κ2) is 4.50. The highest BCUT2D eigenvalue weighted by Gasteiger charge is 2.02. The highest BCUT2D eigenvalue weighted by molar-refractivity contribution is 5.78. The molecule has 13 heavy (non-hydrogen) atoms.